The summed E-state index contributed by atoms with van der Waals surface area (Å²) >= 11 is 5.94. The van der Waals surface area contributed by atoms with E-state index in [0.29, 0.717) is 48.9 Å². The fourth-order valence-corrected chi connectivity index (χ4v) is 4.32. The molecule has 4 heterocycles. The first kappa shape index (κ1) is 22.1. The predicted octanol–water partition coefficient (Wildman–Crippen LogP) is 2.60. The van der Waals surface area contributed by atoms with Crippen LogP contribution in [0, 0.1) is 0 Å². The second-order valence-corrected chi connectivity index (χ2v) is 8.61. The number of pyridine rings is 1. The standard InChI is InChI=1S/C24H24ClN7O2/c25-18-7-9-19(10-8-18)31-16-17-32-21(27-28-23(32)24(31)34)5-3-6-22(33)30-14-12-29(13-15-30)20-4-1-2-11-26-20/h1-2,4,7-11,16-17H,3,5-6,12-15H2. The number of anilines is 1. The summed E-state index contributed by atoms with van der Waals surface area (Å²) < 4.78 is 3.21. The summed E-state index contributed by atoms with van der Waals surface area (Å²) in [7, 11) is 0. The minimum Gasteiger partial charge on any atom is -0.353 e. The molecule has 1 aromatic carbocycles. The first-order valence-corrected chi connectivity index (χ1v) is 11.6. The largest absolute Gasteiger partial charge is 0.353 e. The minimum atomic E-state index is -0.259. The van der Waals surface area contributed by atoms with Gasteiger partial charge in [0.15, 0.2) is 0 Å². The first-order chi connectivity index (χ1) is 16.6. The molecule has 1 saturated heterocycles. The number of aryl methyl sites for hydroxylation is 1. The molecule has 0 atom stereocenters. The Morgan fingerprint density at radius 2 is 1.76 bits per heavy atom. The highest BCUT2D eigenvalue weighted by atomic mass is 35.5. The Labute approximate surface area is 201 Å². The van der Waals surface area contributed by atoms with E-state index in [0.717, 1.165) is 18.9 Å². The highest BCUT2D eigenvalue weighted by Crippen LogP contribution is 2.15. The van der Waals surface area contributed by atoms with Gasteiger partial charge in [-0.2, -0.15) is 0 Å². The molecule has 0 radical (unpaired) electrons. The summed E-state index contributed by atoms with van der Waals surface area (Å²) in [5.41, 5.74) is 0.699. The average molecular weight is 478 g/mol. The molecule has 34 heavy (non-hydrogen) atoms. The molecule has 174 valence electrons. The zero-order valence-electron chi connectivity index (χ0n) is 18.5. The number of halogens is 1. The van der Waals surface area contributed by atoms with Crippen LogP contribution in [0.1, 0.15) is 18.7 Å². The van der Waals surface area contributed by atoms with Gasteiger partial charge in [0.25, 0.3) is 0 Å². The molecule has 1 amide bonds. The van der Waals surface area contributed by atoms with Crippen molar-refractivity contribution in [3.63, 3.8) is 0 Å². The van der Waals surface area contributed by atoms with Crippen LogP contribution < -0.4 is 10.5 Å². The van der Waals surface area contributed by atoms with Gasteiger partial charge in [0.2, 0.25) is 11.6 Å². The third-order valence-electron chi connectivity index (χ3n) is 6.04. The zero-order chi connectivity index (χ0) is 23.5. The number of rotatable bonds is 6. The van der Waals surface area contributed by atoms with Gasteiger partial charge in [-0.25, -0.2) is 4.98 Å². The van der Waals surface area contributed by atoms with Crippen LogP contribution in [0.2, 0.25) is 5.02 Å². The van der Waals surface area contributed by atoms with E-state index < -0.39 is 0 Å². The molecule has 0 bridgehead atoms. The summed E-state index contributed by atoms with van der Waals surface area (Å²) in [4.78, 5) is 34.1. The summed E-state index contributed by atoms with van der Waals surface area (Å²) in [6, 6.07) is 12.9. The van der Waals surface area contributed by atoms with Crippen LogP contribution in [0.4, 0.5) is 5.82 Å². The third kappa shape index (κ3) is 4.51. The van der Waals surface area contributed by atoms with Crippen LogP contribution in [0.5, 0.6) is 0 Å². The second-order valence-electron chi connectivity index (χ2n) is 8.17. The van der Waals surface area contributed by atoms with Crippen molar-refractivity contribution in [2.45, 2.75) is 19.3 Å². The molecule has 10 heteroatoms. The van der Waals surface area contributed by atoms with E-state index in [1.807, 2.05) is 23.1 Å². The molecule has 1 fully saturated rings. The summed E-state index contributed by atoms with van der Waals surface area (Å²) in [6.45, 7) is 2.93. The zero-order valence-corrected chi connectivity index (χ0v) is 19.3. The summed E-state index contributed by atoms with van der Waals surface area (Å²) in [5.74, 6) is 1.76. The highest BCUT2D eigenvalue weighted by Gasteiger charge is 2.21. The van der Waals surface area contributed by atoms with Gasteiger partial charge in [0.1, 0.15) is 11.6 Å². The third-order valence-corrected chi connectivity index (χ3v) is 6.29. The quantitative estimate of drug-likeness (QED) is 0.424. The van der Waals surface area contributed by atoms with Gasteiger partial charge in [0, 0.05) is 68.3 Å². The maximum Gasteiger partial charge on any atom is 0.300 e. The van der Waals surface area contributed by atoms with Crippen LogP contribution in [0.3, 0.4) is 0 Å². The van der Waals surface area contributed by atoms with E-state index in [9.17, 15) is 9.59 Å². The van der Waals surface area contributed by atoms with Crippen molar-refractivity contribution in [1.29, 1.82) is 0 Å². The van der Waals surface area contributed by atoms with E-state index in [4.69, 9.17) is 11.6 Å². The number of aromatic nitrogens is 5. The smallest absolute Gasteiger partial charge is 0.300 e. The molecule has 0 spiro atoms. The summed E-state index contributed by atoms with van der Waals surface area (Å²) in [6.07, 6.45) is 6.89. The number of carbonyl (C=O) groups excluding carboxylic acids is 1. The Bertz CT molecular complexity index is 1340. The Balaban J connectivity index is 1.18. The van der Waals surface area contributed by atoms with E-state index >= 15 is 0 Å². The number of hydrogen-bond acceptors (Lipinski definition) is 6. The number of nitrogens with zero attached hydrogens (tertiary/aromatic N) is 7. The van der Waals surface area contributed by atoms with Crippen LogP contribution in [0.25, 0.3) is 11.3 Å². The number of piperazine rings is 1. The molecule has 4 aromatic rings. The van der Waals surface area contributed by atoms with Crippen molar-refractivity contribution in [1.82, 2.24) is 29.0 Å². The van der Waals surface area contributed by atoms with Gasteiger partial charge in [-0.05, 0) is 42.8 Å². The SMILES string of the molecule is O=C(CCCc1nnc2c(=O)n(-c3ccc(Cl)cc3)ccn12)N1CCN(c2ccccn2)CC1. The number of carbonyl (C=O) groups is 1. The monoisotopic (exact) mass is 477 g/mol. The lowest BCUT2D eigenvalue weighted by molar-refractivity contribution is -0.131. The molecule has 0 N–H and O–H groups in total. The maximum absolute atomic E-state index is 12.9. The van der Waals surface area contributed by atoms with Crippen molar-refractivity contribution in [2.24, 2.45) is 0 Å². The van der Waals surface area contributed by atoms with Gasteiger partial charge in [-0.1, -0.05) is 17.7 Å². The van der Waals surface area contributed by atoms with Gasteiger partial charge in [0.05, 0.1) is 0 Å². The number of amides is 1. The van der Waals surface area contributed by atoms with Crippen molar-refractivity contribution in [2.75, 3.05) is 31.1 Å². The Kier molecular flexibility index (Phi) is 6.27. The average Bonchev–Trinajstić information content (AvgIpc) is 3.29. The topological polar surface area (TPSA) is 88.6 Å². The molecule has 3 aromatic heterocycles. The molecule has 9 nitrogen and oxygen atoms in total. The molecule has 0 saturated carbocycles. The minimum absolute atomic E-state index is 0.139. The van der Waals surface area contributed by atoms with Gasteiger partial charge in [-0.15, -0.1) is 10.2 Å². The lowest BCUT2D eigenvalue weighted by Gasteiger charge is -2.35. The molecule has 5 rings (SSSR count). The lowest BCUT2D eigenvalue weighted by atomic mass is 10.2. The van der Waals surface area contributed by atoms with Crippen LogP contribution in [-0.2, 0) is 11.2 Å². The Morgan fingerprint density at radius 1 is 0.971 bits per heavy atom. The Hall–Kier alpha value is -3.72. The fraction of sp³-hybridized carbons (Fsp3) is 0.292. The highest BCUT2D eigenvalue weighted by molar-refractivity contribution is 6.30. The van der Waals surface area contributed by atoms with Gasteiger partial charge >= 0.3 is 5.56 Å². The molecular weight excluding hydrogens is 454 g/mol. The van der Waals surface area contributed by atoms with E-state index in [-0.39, 0.29) is 17.1 Å². The number of benzene rings is 1. The lowest BCUT2D eigenvalue weighted by Crippen LogP contribution is -2.49. The van der Waals surface area contributed by atoms with Crippen molar-refractivity contribution in [3.8, 4) is 5.69 Å². The van der Waals surface area contributed by atoms with Crippen molar-refractivity contribution in [3.05, 3.63) is 82.3 Å². The number of fused-ring (bicyclic) bond motifs is 1. The summed E-state index contributed by atoms with van der Waals surface area (Å²) in [5, 5.41) is 8.90. The van der Waals surface area contributed by atoms with Gasteiger partial charge < -0.3 is 9.80 Å². The molecule has 0 aliphatic carbocycles. The van der Waals surface area contributed by atoms with Crippen LogP contribution in [0.15, 0.2) is 65.8 Å². The Morgan fingerprint density at radius 3 is 2.50 bits per heavy atom. The normalized spacial score (nSPS) is 14.0. The molecular formula is C24H24ClN7O2. The van der Waals surface area contributed by atoms with Gasteiger partial charge in [-0.3, -0.25) is 18.6 Å². The maximum atomic E-state index is 12.9. The van der Waals surface area contributed by atoms with Crippen LogP contribution in [-0.4, -0.2) is 61.1 Å². The fourth-order valence-electron chi connectivity index (χ4n) is 4.19. The molecule has 0 unspecified atom stereocenters. The van der Waals surface area contributed by atoms with E-state index in [1.165, 1.54) is 4.57 Å². The van der Waals surface area contributed by atoms with Crippen LogP contribution >= 0.6 is 11.6 Å². The first-order valence-electron chi connectivity index (χ1n) is 11.2. The van der Waals surface area contributed by atoms with E-state index in [2.05, 4.69) is 20.1 Å². The molecule has 1 aliphatic heterocycles. The number of hydrogen-bond donors (Lipinski definition) is 0. The second kappa shape index (κ2) is 9.64. The predicted molar refractivity (Wildman–Crippen MR) is 130 cm³/mol. The van der Waals surface area contributed by atoms with Crippen molar-refractivity contribution < 1.29 is 4.79 Å². The molecule has 1 aliphatic rings. The van der Waals surface area contributed by atoms with Crippen molar-refractivity contribution >= 4 is 29.0 Å². The van der Waals surface area contributed by atoms with E-state index in [1.54, 1.807) is 47.3 Å².